The third-order valence-electron chi connectivity index (χ3n) is 4.54. The number of hydrogen-bond donors (Lipinski definition) is 1. The first-order chi connectivity index (χ1) is 12.8. The molecule has 0 radical (unpaired) electrons. The average molecular weight is 387 g/mol. The van der Waals surface area contributed by atoms with Crippen LogP contribution in [0.25, 0.3) is 0 Å². The highest BCUT2D eigenvalue weighted by Gasteiger charge is 2.20. The summed E-state index contributed by atoms with van der Waals surface area (Å²) in [6, 6.07) is 13.5. The molecule has 0 saturated carbocycles. The highest BCUT2D eigenvalue weighted by atomic mass is 35.5. The van der Waals surface area contributed by atoms with Crippen LogP contribution < -0.4 is 10.2 Å². The lowest BCUT2D eigenvalue weighted by molar-refractivity contribution is -0.121. The van der Waals surface area contributed by atoms with Gasteiger partial charge in [0.25, 0.3) is 0 Å². The molecule has 4 nitrogen and oxygen atoms in total. The molecule has 5 heteroatoms. The first kappa shape index (κ1) is 21.0. The van der Waals surface area contributed by atoms with E-state index in [1.54, 1.807) is 11.0 Å². The summed E-state index contributed by atoms with van der Waals surface area (Å²) < 4.78 is 0. The van der Waals surface area contributed by atoms with E-state index in [0.29, 0.717) is 18.1 Å². The Kier molecular flexibility index (Phi) is 7.43. The van der Waals surface area contributed by atoms with Crippen LogP contribution in [0.5, 0.6) is 0 Å². The number of carbonyl (C=O) groups is 2. The SMILES string of the molecule is CC(=O)N(CCC(=O)NCc1ccccc1Cl)c1c(C)cccc1C(C)C. The van der Waals surface area contributed by atoms with Gasteiger partial charge in [-0.15, -0.1) is 0 Å². The Balaban J connectivity index is 2.06. The van der Waals surface area contributed by atoms with Crippen molar-refractivity contribution >= 4 is 29.1 Å². The molecule has 0 aliphatic heterocycles. The van der Waals surface area contributed by atoms with Crippen molar-refractivity contribution in [1.82, 2.24) is 5.32 Å². The molecule has 2 aromatic carbocycles. The summed E-state index contributed by atoms with van der Waals surface area (Å²) in [7, 11) is 0. The van der Waals surface area contributed by atoms with Gasteiger partial charge >= 0.3 is 0 Å². The topological polar surface area (TPSA) is 49.4 Å². The Morgan fingerprint density at radius 1 is 1.11 bits per heavy atom. The van der Waals surface area contributed by atoms with Crippen LogP contribution in [0.4, 0.5) is 5.69 Å². The van der Waals surface area contributed by atoms with E-state index in [0.717, 1.165) is 22.4 Å². The first-order valence-corrected chi connectivity index (χ1v) is 9.56. The lowest BCUT2D eigenvalue weighted by Crippen LogP contribution is -2.35. The summed E-state index contributed by atoms with van der Waals surface area (Å²) in [6.45, 7) is 8.46. The van der Waals surface area contributed by atoms with Crippen molar-refractivity contribution in [2.75, 3.05) is 11.4 Å². The van der Waals surface area contributed by atoms with Crippen molar-refractivity contribution in [3.05, 3.63) is 64.2 Å². The van der Waals surface area contributed by atoms with E-state index in [-0.39, 0.29) is 24.2 Å². The number of nitrogens with zero attached hydrogens (tertiary/aromatic N) is 1. The molecule has 0 spiro atoms. The highest BCUT2D eigenvalue weighted by molar-refractivity contribution is 6.31. The van der Waals surface area contributed by atoms with Gasteiger partial charge in [-0.1, -0.05) is 61.8 Å². The van der Waals surface area contributed by atoms with Gasteiger partial charge in [0.2, 0.25) is 11.8 Å². The Morgan fingerprint density at radius 2 is 1.81 bits per heavy atom. The maximum Gasteiger partial charge on any atom is 0.223 e. The molecule has 0 aromatic heterocycles. The Hall–Kier alpha value is -2.33. The van der Waals surface area contributed by atoms with Gasteiger partial charge < -0.3 is 10.2 Å². The van der Waals surface area contributed by atoms with Gasteiger partial charge in [-0.2, -0.15) is 0 Å². The standard InChI is InChI=1S/C22H27ClN2O2/c1-15(2)19-10-7-8-16(3)22(19)25(17(4)26)13-12-21(27)24-14-18-9-5-6-11-20(18)23/h5-11,15H,12-14H2,1-4H3,(H,24,27). The van der Waals surface area contributed by atoms with Crippen molar-refractivity contribution in [3.8, 4) is 0 Å². The number of rotatable bonds is 7. The molecule has 0 aliphatic carbocycles. The van der Waals surface area contributed by atoms with Gasteiger partial charge in [0.05, 0.1) is 0 Å². The molecular formula is C22H27ClN2O2. The van der Waals surface area contributed by atoms with Gasteiger partial charge in [-0.25, -0.2) is 0 Å². The van der Waals surface area contributed by atoms with Crippen molar-refractivity contribution in [2.45, 2.75) is 46.6 Å². The van der Waals surface area contributed by atoms with Gasteiger partial charge in [-0.3, -0.25) is 9.59 Å². The van der Waals surface area contributed by atoms with Crippen molar-refractivity contribution in [3.63, 3.8) is 0 Å². The number of halogens is 1. The molecule has 2 amide bonds. The van der Waals surface area contributed by atoms with Crippen molar-refractivity contribution in [1.29, 1.82) is 0 Å². The van der Waals surface area contributed by atoms with Crippen LogP contribution in [0.1, 0.15) is 49.8 Å². The second kappa shape index (κ2) is 9.56. The molecule has 0 bridgehead atoms. The Morgan fingerprint density at radius 3 is 2.44 bits per heavy atom. The van der Waals surface area contributed by atoms with Gasteiger partial charge in [0.15, 0.2) is 0 Å². The Labute approximate surface area is 166 Å². The maximum atomic E-state index is 12.3. The zero-order valence-corrected chi connectivity index (χ0v) is 17.1. The molecule has 0 atom stereocenters. The van der Waals surface area contributed by atoms with Gasteiger partial charge in [0, 0.05) is 37.1 Å². The number of nitrogens with one attached hydrogen (secondary N) is 1. The van der Waals surface area contributed by atoms with Crippen LogP contribution in [-0.4, -0.2) is 18.4 Å². The van der Waals surface area contributed by atoms with Crippen LogP contribution in [0.3, 0.4) is 0 Å². The van der Waals surface area contributed by atoms with Crippen LogP contribution in [-0.2, 0) is 16.1 Å². The van der Waals surface area contributed by atoms with Crippen molar-refractivity contribution < 1.29 is 9.59 Å². The number of amides is 2. The smallest absolute Gasteiger partial charge is 0.223 e. The molecule has 0 unspecified atom stereocenters. The average Bonchev–Trinajstić information content (AvgIpc) is 2.61. The fraction of sp³-hybridized carbons (Fsp3) is 0.364. The lowest BCUT2D eigenvalue weighted by atomic mass is 9.97. The largest absolute Gasteiger partial charge is 0.352 e. The number of aryl methyl sites for hydroxylation is 1. The number of anilines is 1. The van der Waals surface area contributed by atoms with E-state index in [1.807, 2.05) is 43.3 Å². The van der Waals surface area contributed by atoms with E-state index < -0.39 is 0 Å². The summed E-state index contributed by atoms with van der Waals surface area (Å²) in [5, 5.41) is 3.51. The van der Waals surface area contributed by atoms with E-state index in [4.69, 9.17) is 11.6 Å². The second-order valence-corrected chi connectivity index (χ2v) is 7.36. The molecule has 0 saturated heterocycles. The van der Waals surface area contributed by atoms with Crippen LogP contribution >= 0.6 is 11.6 Å². The van der Waals surface area contributed by atoms with Crippen LogP contribution in [0, 0.1) is 6.92 Å². The number of hydrogen-bond acceptors (Lipinski definition) is 2. The van der Waals surface area contributed by atoms with E-state index in [2.05, 4.69) is 19.2 Å². The highest BCUT2D eigenvalue weighted by Crippen LogP contribution is 2.31. The second-order valence-electron chi connectivity index (χ2n) is 6.96. The van der Waals surface area contributed by atoms with Crippen molar-refractivity contribution in [2.24, 2.45) is 0 Å². The monoisotopic (exact) mass is 386 g/mol. The summed E-state index contributed by atoms with van der Waals surface area (Å²) in [6.07, 6.45) is 0.232. The number of benzene rings is 2. The fourth-order valence-electron chi connectivity index (χ4n) is 3.08. The minimum absolute atomic E-state index is 0.0647. The summed E-state index contributed by atoms with van der Waals surface area (Å²) in [5.74, 6) is 0.113. The molecule has 1 N–H and O–H groups in total. The predicted molar refractivity (Wildman–Crippen MR) is 111 cm³/mol. The molecule has 2 rings (SSSR count). The third kappa shape index (κ3) is 5.57. The molecular weight excluding hydrogens is 360 g/mol. The normalized spacial score (nSPS) is 10.7. The third-order valence-corrected chi connectivity index (χ3v) is 4.91. The molecule has 0 aliphatic rings. The quantitative estimate of drug-likeness (QED) is 0.740. The minimum atomic E-state index is -0.110. The summed E-state index contributed by atoms with van der Waals surface area (Å²) in [4.78, 5) is 26.3. The summed E-state index contributed by atoms with van der Waals surface area (Å²) >= 11 is 6.12. The van der Waals surface area contributed by atoms with E-state index in [9.17, 15) is 9.59 Å². The molecule has 0 fully saturated rings. The van der Waals surface area contributed by atoms with Crippen LogP contribution in [0.2, 0.25) is 5.02 Å². The number of para-hydroxylation sites is 1. The molecule has 144 valence electrons. The minimum Gasteiger partial charge on any atom is -0.352 e. The zero-order chi connectivity index (χ0) is 20.0. The van der Waals surface area contributed by atoms with E-state index in [1.165, 1.54) is 6.92 Å². The Bertz CT molecular complexity index is 818. The zero-order valence-electron chi connectivity index (χ0n) is 16.4. The first-order valence-electron chi connectivity index (χ1n) is 9.19. The van der Waals surface area contributed by atoms with E-state index >= 15 is 0 Å². The lowest BCUT2D eigenvalue weighted by Gasteiger charge is -2.27. The van der Waals surface area contributed by atoms with Gasteiger partial charge in [-0.05, 0) is 35.6 Å². The fourth-order valence-corrected chi connectivity index (χ4v) is 3.28. The van der Waals surface area contributed by atoms with Gasteiger partial charge in [0.1, 0.15) is 0 Å². The predicted octanol–water partition coefficient (Wildman–Crippen LogP) is 4.83. The number of carbonyl (C=O) groups excluding carboxylic acids is 2. The van der Waals surface area contributed by atoms with Crippen LogP contribution in [0.15, 0.2) is 42.5 Å². The maximum absolute atomic E-state index is 12.3. The molecule has 2 aromatic rings. The molecule has 27 heavy (non-hydrogen) atoms. The molecule has 0 heterocycles. The summed E-state index contributed by atoms with van der Waals surface area (Å²) in [5.41, 5.74) is 3.94.